The van der Waals surface area contributed by atoms with Crippen molar-refractivity contribution in [2.75, 3.05) is 5.32 Å². The first-order valence-corrected chi connectivity index (χ1v) is 6.93. The van der Waals surface area contributed by atoms with Crippen molar-refractivity contribution in [1.82, 2.24) is 4.98 Å². The Bertz CT molecular complexity index is 514. The molecule has 0 aromatic carbocycles. The van der Waals surface area contributed by atoms with Crippen LogP contribution in [-0.4, -0.2) is 11.0 Å². The second kappa shape index (κ2) is 5.01. The molecular formula is C15H20N2O. The van der Waals surface area contributed by atoms with E-state index >= 15 is 0 Å². The Morgan fingerprint density at radius 2 is 2.11 bits per heavy atom. The number of anilines is 1. The summed E-state index contributed by atoms with van der Waals surface area (Å²) in [5, 5.41) is 4.65. The number of hydrogen-bond acceptors (Lipinski definition) is 3. The van der Waals surface area contributed by atoms with E-state index in [1.807, 2.05) is 18.3 Å². The lowest BCUT2D eigenvalue weighted by Crippen LogP contribution is -2.28. The van der Waals surface area contributed by atoms with Crippen LogP contribution in [0.3, 0.4) is 0 Å². The average Bonchev–Trinajstić information content (AvgIpc) is 2.89. The number of nitrogens with zero attached hydrogens (tertiary/aromatic N) is 1. The Morgan fingerprint density at radius 3 is 2.94 bits per heavy atom. The number of hydrogen-bond donors (Lipinski definition) is 1. The van der Waals surface area contributed by atoms with Crippen molar-refractivity contribution in [2.24, 2.45) is 5.92 Å². The SMILES string of the molecule is CC(Nc1nccc2occc12)C1CCCCC1. The quantitative estimate of drug-likeness (QED) is 0.879. The molecule has 1 atom stereocenters. The number of pyridine rings is 1. The van der Waals surface area contributed by atoms with E-state index in [4.69, 9.17) is 4.42 Å². The minimum Gasteiger partial charge on any atom is -0.464 e. The highest BCUT2D eigenvalue weighted by Gasteiger charge is 2.20. The van der Waals surface area contributed by atoms with Gasteiger partial charge in [-0.25, -0.2) is 4.98 Å². The van der Waals surface area contributed by atoms with Crippen LogP contribution in [0.25, 0.3) is 11.0 Å². The molecule has 3 nitrogen and oxygen atoms in total. The second-order valence-electron chi connectivity index (χ2n) is 5.32. The van der Waals surface area contributed by atoms with Gasteiger partial charge >= 0.3 is 0 Å². The molecule has 0 bridgehead atoms. The summed E-state index contributed by atoms with van der Waals surface area (Å²) in [6.07, 6.45) is 10.4. The van der Waals surface area contributed by atoms with E-state index in [0.29, 0.717) is 6.04 Å². The number of fused-ring (bicyclic) bond motifs is 1. The van der Waals surface area contributed by atoms with Gasteiger partial charge in [-0.15, -0.1) is 0 Å². The molecule has 1 aliphatic carbocycles. The average molecular weight is 244 g/mol. The molecule has 0 saturated heterocycles. The van der Waals surface area contributed by atoms with Crippen molar-refractivity contribution in [3.63, 3.8) is 0 Å². The largest absolute Gasteiger partial charge is 0.464 e. The van der Waals surface area contributed by atoms with Crippen molar-refractivity contribution in [1.29, 1.82) is 0 Å². The van der Waals surface area contributed by atoms with Gasteiger partial charge in [0.15, 0.2) is 0 Å². The minimum absolute atomic E-state index is 0.485. The highest BCUT2D eigenvalue weighted by atomic mass is 16.3. The van der Waals surface area contributed by atoms with Gasteiger partial charge < -0.3 is 9.73 Å². The maximum Gasteiger partial charge on any atom is 0.139 e. The number of furan rings is 1. The lowest BCUT2D eigenvalue weighted by Gasteiger charge is -2.28. The van der Waals surface area contributed by atoms with E-state index in [-0.39, 0.29) is 0 Å². The van der Waals surface area contributed by atoms with Gasteiger partial charge in [0, 0.05) is 12.2 Å². The Morgan fingerprint density at radius 1 is 1.28 bits per heavy atom. The van der Waals surface area contributed by atoms with Gasteiger partial charge in [0.05, 0.1) is 11.6 Å². The first kappa shape index (κ1) is 11.6. The fraction of sp³-hybridized carbons (Fsp3) is 0.533. The van der Waals surface area contributed by atoms with Crippen LogP contribution in [-0.2, 0) is 0 Å². The van der Waals surface area contributed by atoms with Crippen LogP contribution in [0.15, 0.2) is 29.0 Å². The van der Waals surface area contributed by atoms with E-state index in [0.717, 1.165) is 22.7 Å². The minimum atomic E-state index is 0.485. The molecular weight excluding hydrogens is 224 g/mol. The summed E-state index contributed by atoms with van der Waals surface area (Å²) in [4.78, 5) is 4.44. The molecule has 2 heterocycles. The third-order valence-electron chi connectivity index (χ3n) is 4.10. The second-order valence-corrected chi connectivity index (χ2v) is 5.32. The summed E-state index contributed by atoms with van der Waals surface area (Å²) in [5.74, 6) is 1.74. The van der Waals surface area contributed by atoms with E-state index in [9.17, 15) is 0 Å². The molecule has 2 aromatic heterocycles. The standard InChI is InChI=1S/C15H20N2O/c1-11(12-5-3-2-4-6-12)17-15-13-8-10-18-14(13)7-9-16-15/h7-12H,2-6H2,1H3,(H,16,17). The first-order chi connectivity index (χ1) is 8.84. The summed E-state index contributed by atoms with van der Waals surface area (Å²) in [7, 11) is 0. The predicted octanol–water partition coefficient (Wildman–Crippen LogP) is 4.21. The monoisotopic (exact) mass is 244 g/mol. The summed E-state index contributed by atoms with van der Waals surface area (Å²) in [6.45, 7) is 2.27. The zero-order chi connectivity index (χ0) is 12.4. The molecule has 1 aliphatic rings. The molecule has 3 heteroatoms. The van der Waals surface area contributed by atoms with Crippen molar-refractivity contribution in [2.45, 2.75) is 45.1 Å². The fourth-order valence-electron chi connectivity index (χ4n) is 2.98. The van der Waals surface area contributed by atoms with E-state index in [1.54, 1.807) is 6.26 Å². The maximum absolute atomic E-state index is 5.41. The van der Waals surface area contributed by atoms with Gasteiger partial charge in [0.1, 0.15) is 11.4 Å². The molecule has 18 heavy (non-hydrogen) atoms. The highest BCUT2D eigenvalue weighted by molar-refractivity contribution is 5.87. The van der Waals surface area contributed by atoms with Gasteiger partial charge in [0.2, 0.25) is 0 Å². The highest BCUT2D eigenvalue weighted by Crippen LogP contribution is 2.29. The molecule has 1 saturated carbocycles. The summed E-state index contributed by atoms with van der Waals surface area (Å²) < 4.78 is 5.41. The van der Waals surface area contributed by atoms with Crippen molar-refractivity contribution in [3.05, 3.63) is 24.6 Å². The first-order valence-electron chi connectivity index (χ1n) is 6.93. The van der Waals surface area contributed by atoms with Crippen LogP contribution in [0.5, 0.6) is 0 Å². The van der Waals surface area contributed by atoms with E-state index < -0.39 is 0 Å². The van der Waals surface area contributed by atoms with Crippen LogP contribution < -0.4 is 5.32 Å². The van der Waals surface area contributed by atoms with Crippen LogP contribution in [0, 0.1) is 5.92 Å². The number of rotatable bonds is 3. The summed E-state index contributed by atoms with van der Waals surface area (Å²) in [5.41, 5.74) is 0.906. The van der Waals surface area contributed by atoms with E-state index in [1.165, 1.54) is 32.1 Å². The van der Waals surface area contributed by atoms with Crippen LogP contribution in [0.4, 0.5) is 5.82 Å². The maximum atomic E-state index is 5.41. The Hall–Kier alpha value is -1.51. The summed E-state index contributed by atoms with van der Waals surface area (Å²) in [6, 6.07) is 4.38. The zero-order valence-corrected chi connectivity index (χ0v) is 10.9. The molecule has 0 aliphatic heterocycles. The number of nitrogens with one attached hydrogen (secondary N) is 1. The smallest absolute Gasteiger partial charge is 0.139 e. The molecule has 2 aromatic rings. The zero-order valence-electron chi connectivity index (χ0n) is 10.9. The van der Waals surface area contributed by atoms with Crippen molar-refractivity contribution >= 4 is 16.8 Å². The van der Waals surface area contributed by atoms with Gasteiger partial charge in [-0.3, -0.25) is 0 Å². The molecule has 1 unspecified atom stereocenters. The Labute approximate surface area is 108 Å². The fourth-order valence-corrected chi connectivity index (χ4v) is 2.98. The van der Waals surface area contributed by atoms with Crippen molar-refractivity contribution in [3.8, 4) is 0 Å². The van der Waals surface area contributed by atoms with E-state index in [2.05, 4.69) is 17.2 Å². The Balaban J connectivity index is 1.77. The molecule has 96 valence electrons. The summed E-state index contributed by atoms with van der Waals surface area (Å²) >= 11 is 0. The van der Waals surface area contributed by atoms with Gasteiger partial charge in [-0.1, -0.05) is 19.3 Å². The molecule has 3 rings (SSSR count). The molecule has 1 N–H and O–H groups in total. The van der Waals surface area contributed by atoms with Crippen molar-refractivity contribution < 1.29 is 4.42 Å². The van der Waals surface area contributed by atoms with Gasteiger partial charge in [-0.2, -0.15) is 0 Å². The molecule has 1 fully saturated rings. The molecule has 0 spiro atoms. The normalized spacial score (nSPS) is 18.9. The van der Waals surface area contributed by atoms with Crippen LogP contribution in [0.2, 0.25) is 0 Å². The third-order valence-corrected chi connectivity index (χ3v) is 4.10. The van der Waals surface area contributed by atoms with Gasteiger partial charge in [-0.05, 0) is 37.8 Å². The predicted molar refractivity (Wildman–Crippen MR) is 73.7 cm³/mol. The van der Waals surface area contributed by atoms with Crippen LogP contribution >= 0.6 is 0 Å². The topological polar surface area (TPSA) is 38.1 Å². The van der Waals surface area contributed by atoms with Gasteiger partial charge in [0.25, 0.3) is 0 Å². The third kappa shape index (κ3) is 2.22. The molecule has 0 amide bonds. The van der Waals surface area contributed by atoms with Crippen LogP contribution in [0.1, 0.15) is 39.0 Å². The lowest BCUT2D eigenvalue weighted by molar-refractivity contribution is 0.328. The molecule has 0 radical (unpaired) electrons. The Kier molecular flexibility index (Phi) is 3.22. The lowest BCUT2D eigenvalue weighted by atomic mass is 9.84. The number of aromatic nitrogens is 1.